The van der Waals surface area contributed by atoms with Crippen molar-refractivity contribution in [2.24, 2.45) is 0 Å². The van der Waals surface area contributed by atoms with Crippen LogP contribution < -0.4 is 5.46 Å². The minimum absolute atomic E-state index is 0.257. The molecule has 0 N–H and O–H groups in total. The van der Waals surface area contributed by atoms with Gasteiger partial charge in [-0.25, -0.2) is 0 Å². The predicted octanol–water partition coefficient (Wildman–Crippen LogP) is 5.04. The number of nitrogens with zero attached hydrogens (tertiary/aromatic N) is 2. The second kappa shape index (κ2) is 8.02. The summed E-state index contributed by atoms with van der Waals surface area (Å²) in [4.78, 5) is 0. The van der Waals surface area contributed by atoms with E-state index >= 15 is 0 Å². The molecule has 5 nitrogen and oxygen atoms in total. The van der Waals surface area contributed by atoms with Crippen LogP contribution >= 0.6 is 0 Å². The maximum Gasteiger partial charge on any atom is 0.497 e. The van der Waals surface area contributed by atoms with Crippen molar-refractivity contribution in [1.82, 2.24) is 4.57 Å². The molecule has 0 radical (unpaired) electrons. The zero-order chi connectivity index (χ0) is 23.4. The minimum atomic E-state index is -0.460. The lowest BCUT2D eigenvalue weighted by molar-refractivity contribution is -0.0346. The average Bonchev–Trinajstić information content (AvgIpc) is 3.20. The summed E-state index contributed by atoms with van der Waals surface area (Å²) < 4.78 is 21.2. The van der Waals surface area contributed by atoms with Crippen LogP contribution in [0.15, 0.2) is 48.7 Å². The molecule has 1 saturated heterocycles. The highest BCUT2D eigenvalue weighted by Crippen LogP contribution is 2.40. The molecule has 2 fully saturated rings. The van der Waals surface area contributed by atoms with Gasteiger partial charge in [-0.1, -0.05) is 30.3 Å². The molecule has 0 amide bonds. The molecule has 1 aliphatic heterocycles. The standard InChI is InChI=1S/C27H31BN2O3/c1-18-11-25-23(12-20(18)15-29)24(28-32-26(2,3)27(4,5)33-28)16-30(25)21-13-22(14-21)31-17-19-9-7-6-8-10-19/h6-12,16,21-22H,13-14,17H2,1-5H3/t21-,22+. The SMILES string of the molecule is Cc1cc2c(cc1C#N)c(B1OC(C)(C)C(C)(C)O1)cn2[C@H]1C[C@@H](OCc2ccccc2)C1. The van der Waals surface area contributed by atoms with Crippen LogP contribution in [0.4, 0.5) is 0 Å². The van der Waals surface area contributed by atoms with Gasteiger partial charge in [-0.05, 0) is 70.7 Å². The lowest BCUT2D eigenvalue weighted by Crippen LogP contribution is -2.41. The van der Waals surface area contributed by atoms with Crippen molar-refractivity contribution in [2.45, 2.75) is 77.4 Å². The van der Waals surface area contributed by atoms with Gasteiger partial charge in [0.25, 0.3) is 0 Å². The molecule has 2 aliphatic rings. The Morgan fingerprint density at radius 3 is 2.39 bits per heavy atom. The quantitative estimate of drug-likeness (QED) is 0.520. The first-order valence-corrected chi connectivity index (χ1v) is 11.7. The summed E-state index contributed by atoms with van der Waals surface area (Å²) in [6.45, 7) is 10.9. The van der Waals surface area contributed by atoms with Gasteiger partial charge >= 0.3 is 7.12 Å². The van der Waals surface area contributed by atoms with Crippen LogP contribution in [0.5, 0.6) is 0 Å². The van der Waals surface area contributed by atoms with E-state index in [1.54, 1.807) is 0 Å². The topological polar surface area (TPSA) is 56.4 Å². The summed E-state index contributed by atoms with van der Waals surface area (Å²) in [7, 11) is -0.460. The monoisotopic (exact) mass is 442 g/mol. The molecular formula is C27H31BN2O3. The average molecular weight is 442 g/mol. The van der Waals surface area contributed by atoms with E-state index in [9.17, 15) is 5.26 Å². The first kappa shape index (κ1) is 22.2. The molecule has 1 saturated carbocycles. The number of aromatic nitrogens is 1. The van der Waals surface area contributed by atoms with Crippen molar-refractivity contribution in [3.05, 3.63) is 65.4 Å². The Hall–Kier alpha value is -2.59. The smallest absolute Gasteiger partial charge is 0.399 e. The highest BCUT2D eigenvalue weighted by molar-refractivity contribution is 6.65. The molecule has 5 rings (SSSR count). The molecule has 33 heavy (non-hydrogen) atoms. The van der Waals surface area contributed by atoms with Gasteiger partial charge in [-0.3, -0.25) is 0 Å². The fraction of sp³-hybridized carbons (Fsp3) is 0.444. The molecule has 6 heteroatoms. The van der Waals surface area contributed by atoms with Crippen molar-refractivity contribution in [2.75, 3.05) is 0 Å². The van der Waals surface area contributed by atoms with Crippen molar-refractivity contribution in [3.8, 4) is 6.07 Å². The molecule has 0 spiro atoms. The fourth-order valence-corrected chi connectivity index (χ4v) is 4.70. The van der Waals surface area contributed by atoms with Crippen molar-refractivity contribution in [3.63, 3.8) is 0 Å². The normalized spacial score (nSPS) is 23.5. The highest BCUT2D eigenvalue weighted by atomic mass is 16.7. The van der Waals surface area contributed by atoms with E-state index in [-0.39, 0.29) is 6.10 Å². The third-order valence-corrected chi connectivity index (χ3v) is 7.63. The first-order chi connectivity index (χ1) is 15.7. The van der Waals surface area contributed by atoms with Gasteiger partial charge in [0.05, 0.1) is 35.5 Å². The Morgan fingerprint density at radius 1 is 1.09 bits per heavy atom. The van der Waals surface area contributed by atoms with Gasteiger partial charge in [-0.2, -0.15) is 5.26 Å². The third-order valence-electron chi connectivity index (χ3n) is 7.63. The number of ether oxygens (including phenoxy) is 1. The van der Waals surface area contributed by atoms with Gasteiger partial charge < -0.3 is 18.6 Å². The number of fused-ring (bicyclic) bond motifs is 1. The Morgan fingerprint density at radius 2 is 1.76 bits per heavy atom. The number of nitriles is 1. The van der Waals surface area contributed by atoms with Crippen LogP contribution in [0, 0.1) is 18.3 Å². The minimum Gasteiger partial charge on any atom is -0.399 e. The third kappa shape index (κ3) is 3.89. The van der Waals surface area contributed by atoms with Crippen molar-refractivity contribution in [1.29, 1.82) is 5.26 Å². The number of aryl methyl sites for hydroxylation is 1. The molecule has 1 aliphatic carbocycles. The fourth-order valence-electron chi connectivity index (χ4n) is 4.70. The van der Waals surface area contributed by atoms with E-state index in [1.807, 2.05) is 31.2 Å². The lowest BCUT2D eigenvalue weighted by atomic mass is 9.78. The lowest BCUT2D eigenvalue weighted by Gasteiger charge is -2.36. The summed E-state index contributed by atoms with van der Waals surface area (Å²) in [5.74, 6) is 0. The van der Waals surface area contributed by atoms with Gasteiger partial charge in [0.1, 0.15) is 0 Å². The number of hydrogen-bond acceptors (Lipinski definition) is 4. The largest absolute Gasteiger partial charge is 0.497 e. The molecule has 2 aromatic carbocycles. The summed E-state index contributed by atoms with van der Waals surface area (Å²) in [6, 6.07) is 17.1. The first-order valence-electron chi connectivity index (χ1n) is 11.7. The Kier molecular flexibility index (Phi) is 5.40. The second-order valence-electron chi connectivity index (χ2n) is 10.4. The molecule has 0 bridgehead atoms. The van der Waals surface area contributed by atoms with E-state index in [0.717, 1.165) is 34.8 Å². The van der Waals surface area contributed by atoms with Crippen molar-refractivity contribution >= 4 is 23.5 Å². The van der Waals surface area contributed by atoms with E-state index in [0.29, 0.717) is 18.2 Å². The molecule has 2 heterocycles. The predicted molar refractivity (Wildman–Crippen MR) is 130 cm³/mol. The summed E-state index contributed by atoms with van der Waals surface area (Å²) in [5.41, 5.74) is 4.17. The van der Waals surface area contributed by atoms with Crippen LogP contribution in [-0.4, -0.2) is 29.0 Å². The number of hydrogen-bond donors (Lipinski definition) is 0. The van der Waals surface area contributed by atoms with Crippen LogP contribution in [0.1, 0.15) is 63.3 Å². The van der Waals surface area contributed by atoms with E-state index in [1.165, 1.54) is 5.56 Å². The molecule has 3 aromatic rings. The van der Waals surface area contributed by atoms with E-state index in [4.69, 9.17) is 14.0 Å². The van der Waals surface area contributed by atoms with Crippen LogP contribution in [0.25, 0.3) is 10.9 Å². The van der Waals surface area contributed by atoms with Gasteiger partial charge in [-0.15, -0.1) is 0 Å². The molecular weight excluding hydrogens is 411 g/mol. The number of benzene rings is 2. The van der Waals surface area contributed by atoms with E-state index in [2.05, 4.69) is 62.7 Å². The maximum atomic E-state index is 9.63. The van der Waals surface area contributed by atoms with Gasteiger partial charge in [0, 0.05) is 28.6 Å². The van der Waals surface area contributed by atoms with Crippen LogP contribution in [0.3, 0.4) is 0 Å². The highest BCUT2D eigenvalue weighted by Gasteiger charge is 2.52. The number of rotatable bonds is 5. The molecule has 0 unspecified atom stereocenters. The Labute approximate surface area is 196 Å². The van der Waals surface area contributed by atoms with Gasteiger partial charge in [0.2, 0.25) is 0 Å². The summed E-state index contributed by atoms with van der Waals surface area (Å²) in [5, 5.41) is 10.7. The van der Waals surface area contributed by atoms with E-state index < -0.39 is 18.3 Å². The zero-order valence-corrected chi connectivity index (χ0v) is 20.1. The Bertz CT molecular complexity index is 1200. The summed E-state index contributed by atoms with van der Waals surface area (Å²) >= 11 is 0. The second-order valence-corrected chi connectivity index (χ2v) is 10.4. The molecule has 0 atom stereocenters. The Balaban J connectivity index is 1.42. The van der Waals surface area contributed by atoms with Crippen LogP contribution in [-0.2, 0) is 20.7 Å². The maximum absolute atomic E-state index is 9.63. The van der Waals surface area contributed by atoms with Crippen molar-refractivity contribution < 1.29 is 14.0 Å². The molecule has 1 aromatic heterocycles. The molecule has 170 valence electrons. The van der Waals surface area contributed by atoms with Gasteiger partial charge in [0.15, 0.2) is 0 Å². The zero-order valence-electron chi connectivity index (χ0n) is 20.1. The van der Waals surface area contributed by atoms with Crippen LogP contribution in [0.2, 0.25) is 0 Å². The summed E-state index contributed by atoms with van der Waals surface area (Å²) in [6.07, 6.45) is 4.37.